The van der Waals surface area contributed by atoms with Gasteiger partial charge in [0.1, 0.15) is 17.3 Å². The van der Waals surface area contributed by atoms with Crippen LogP contribution < -0.4 is 5.32 Å². The minimum atomic E-state index is -0.243. The van der Waals surface area contributed by atoms with Crippen LogP contribution in [0.3, 0.4) is 0 Å². The molecule has 0 atom stereocenters. The van der Waals surface area contributed by atoms with Crippen LogP contribution in [-0.4, -0.2) is 16.3 Å². The first-order valence-corrected chi connectivity index (χ1v) is 8.90. The maximum Gasteiger partial charge on any atom is 0.133 e. The molecular weight excluding hydrogens is 337 g/mol. The lowest BCUT2D eigenvalue weighted by Gasteiger charge is -2.11. The van der Waals surface area contributed by atoms with Crippen LogP contribution in [0.5, 0.6) is 0 Å². The number of anilines is 1. The van der Waals surface area contributed by atoms with Crippen LogP contribution in [0.2, 0.25) is 5.02 Å². The van der Waals surface area contributed by atoms with Crippen molar-refractivity contribution in [3.05, 3.63) is 64.4 Å². The van der Waals surface area contributed by atoms with E-state index in [2.05, 4.69) is 5.32 Å². The minimum Gasteiger partial charge on any atom is -0.370 e. The third kappa shape index (κ3) is 2.91. The molecule has 5 heteroatoms. The van der Waals surface area contributed by atoms with Crippen molar-refractivity contribution in [2.24, 2.45) is 0 Å². The average Bonchev–Trinajstić information content (AvgIpc) is 2.78. The summed E-state index contributed by atoms with van der Waals surface area (Å²) in [5.74, 6) is 0.716. The van der Waals surface area contributed by atoms with Crippen molar-refractivity contribution in [2.75, 3.05) is 11.9 Å². The van der Waals surface area contributed by atoms with Gasteiger partial charge in [-0.1, -0.05) is 23.7 Å². The number of aryl methyl sites for hydroxylation is 1. The zero-order valence-electron chi connectivity index (χ0n) is 14.0. The summed E-state index contributed by atoms with van der Waals surface area (Å²) in [5, 5.41) is 8.98. The fourth-order valence-corrected chi connectivity index (χ4v) is 3.63. The van der Waals surface area contributed by atoms with Crippen molar-refractivity contribution >= 4 is 17.4 Å². The third-order valence-corrected chi connectivity index (χ3v) is 4.88. The van der Waals surface area contributed by atoms with Gasteiger partial charge in [0.25, 0.3) is 0 Å². The number of fused-ring (bicyclic) bond motifs is 1. The Morgan fingerprint density at radius 1 is 1.16 bits per heavy atom. The molecule has 2 aromatic carbocycles. The van der Waals surface area contributed by atoms with E-state index in [4.69, 9.17) is 16.7 Å². The van der Waals surface area contributed by atoms with Crippen molar-refractivity contribution in [3.63, 3.8) is 0 Å². The summed E-state index contributed by atoms with van der Waals surface area (Å²) >= 11 is 6.10. The van der Waals surface area contributed by atoms with Gasteiger partial charge in [-0.2, -0.15) is 5.10 Å². The fourth-order valence-electron chi connectivity index (χ4n) is 3.40. The highest BCUT2D eigenvalue weighted by Gasteiger charge is 2.23. The minimum absolute atomic E-state index is 0.243. The Balaban J connectivity index is 1.95. The number of benzene rings is 2. The molecule has 4 rings (SSSR count). The Morgan fingerprint density at radius 3 is 2.80 bits per heavy atom. The Hall–Kier alpha value is -2.33. The SMILES string of the molecule is Cc1cc(Cl)ccc1-n1nc(-c2ccccc2F)c2c1NCCCC2. The van der Waals surface area contributed by atoms with Crippen LogP contribution in [0.4, 0.5) is 10.2 Å². The molecule has 128 valence electrons. The number of halogens is 2. The Morgan fingerprint density at radius 2 is 2.00 bits per heavy atom. The van der Waals surface area contributed by atoms with Crippen LogP contribution >= 0.6 is 11.6 Å². The number of hydrogen-bond donors (Lipinski definition) is 1. The monoisotopic (exact) mass is 355 g/mol. The van der Waals surface area contributed by atoms with Crippen molar-refractivity contribution < 1.29 is 4.39 Å². The van der Waals surface area contributed by atoms with Crippen molar-refractivity contribution in [1.29, 1.82) is 0 Å². The van der Waals surface area contributed by atoms with Crippen molar-refractivity contribution in [1.82, 2.24) is 9.78 Å². The zero-order valence-corrected chi connectivity index (χ0v) is 14.8. The maximum absolute atomic E-state index is 14.4. The number of hydrogen-bond acceptors (Lipinski definition) is 2. The van der Waals surface area contributed by atoms with Gasteiger partial charge in [-0.25, -0.2) is 9.07 Å². The summed E-state index contributed by atoms with van der Waals surface area (Å²) in [6, 6.07) is 12.6. The van der Waals surface area contributed by atoms with Crippen LogP contribution in [-0.2, 0) is 6.42 Å². The van der Waals surface area contributed by atoms with Gasteiger partial charge in [-0.05, 0) is 62.1 Å². The highest BCUT2D eigenvalue weighted by Crippen LogP contribution is 2.35. The Bertz CT molecular complexity index is 933. The fraction of sp³-hybridized carbons (Fsp3) is 0.250. The molecular formula is C20H19ClFN3. The second-order valence-corrected chi connectivity index (χ2v) is 6.82. The summed E-state index contributed by atoms with van der Waals surface area (Å²) in [6.45, 7) is 2.90. The summed E-state index contributed by atoms with van der Waals surface area (Å²) in [7, 11) is 0. The lowest BCUT2D eigenvalue weighted by molar-refractivity contribution is 0.630. The van der Waals surface area contributed by atoms with Crippen molar-refractivity contribution in [2.45, 2.75) is 26.2 Å². The first-order chi connectivity index (χ1) is 12.1. The third-order valence-electron chi connectivity index (χ3n) is 4.65. The van der Waals surface area contributed by atoms with Gasteiger partial charge in [0.05, 0.1) is 5.69 Å². The van der Waals surface area contributed by atoms with Crippen LogP contribution in [0.15, 0.2) is 42.5 Å². The van der Waals surface area contributed by atoms with E-state index in [9.17, 15) is 4.39 Å². The second kappa shape index (κ2) is 6.52. The van der Waals surface area contributed by atoms with E-state index in [1.54, 1.807) is 12.1 Å². The van der Waals surface area contributed by atoms with E-state index in [1.807, 2.05) is 35.9 Å². The number of nitrogens with one attached hydrogen (secondary N) is 1. The summed E-state index contributed by atoms with van der Waals surface area (Å²) < 4.78 is 16.3. The molecule has 0 amide bonds. The van der Waals surface area contributed by atoms with Gasteiger partial charge in [0.2, 0.25) is 0 Å². The normalized spacial score (nSPS) is 13.9. The van der Waals surface area contributed by atoms with Crippen molar-refractivity contribution in [3.8, 4) is 16.9 Å². The van der Waals surface area contributed by atoms with Gasteiger partial charge in [0, 0.05) is 22.7 Å². The van der Waals surface area contributed by atoms with Gasteiger partial charge < -0.3 is 5.32 Å². The van der Waals surface area contributed by atoms with Gasteiger partial charge >= 0.3 is 0 Å². The second-order valence-electron chi connectivity index (χ2n) is 6.38. The van der Waals surface area contributed by atoms with E-state index in [0.29, 0.717) is 10.6 Å². The molecule has 1 aliphatic heterocycles. The van der Waals surface area contributed by atoms with E-state index in [0.717, 1.165) is 54.1 Å². The first kappa shape index (κ1) is 16.2. The predicted molar refractivity (Wildman–Crippen MR) is 100 cm³/mol. The Kier molecular flexibility index (Phi) is 4.22. The quantitative estimate of drug-likeness (QED) is 0.668. The topological polar surface area (TPSA) is 29.9 Å². The van der Waals surface area contributed by atoms with Crippen LogP contribution in [0, 0.1) is 12.7 Å². The van der Waals surface area contributed by atoms with E-state index < -0.39 is 0 Å². The highest BCUT2D eigenvalue weighted by atomic mass is 35.5. The molecule has 0 bridgehead atoms. The largest absolute Gasteiger partial charge is 0.370 e. The molecule has 1 aliphatic rings. The maximum atomic E-state index is 14.4. The van der Waals surface area contributed by atoms with E-state index in [-0.39, 0.29) is 5.82 Å². The summed E-state index contributed by atoms with van der Waals surface area (Å²) in [4.78, 5) is 0. The standard InChI is InChI=1S/C20H19ClFN3/c1-13-12-14(21)9-10-18(13)25-20-16(7-4-5-11-23-20)19(24-25)15-6-2-3-8-17(15)22/h2-3,6,8-10,12,23H,4-5,7,11H2,1H3. The molecule has 3 aromatic rings. The van der Waals surface area contributed by atoms with E-state index in [1.165, 1.54) is 6.07 Å². The van der Waals surface area contributed by atoms with Crippen LogP contribution in [0.25, 0.3) is 16.9 Å². The van der Waals surface area contributed by atoms with Crippen LogP contribution in [0.1, 0.15) is 24.0 Å². The number of aromatic nitrogens is 2. The average molecular weight is 356 g/mol. The lowest BCUT2D eigenvalue weighted by Crippen LogP contribution is -2.08. The molecule has 1 N–H and O–H groups in total. The molecule has 0 spiro atoms. The summed E-state index contributed by atoms with van der Waals surface area (Å²) in [5.41, 5.74) is 4.34. The van der Waals surface area contributed by atoms with Gasteiger partial charge in [-0.3, -0.25) is 0 Å². The smallest absolute Gasteiger partial charge is 0.133 e. The predicted octanol–water partition coefficient (Wildman–Crippen LogP) is 5.39. The molecule has 2 heterocycles. The highest BCUT2D eigenvalue weighted by molar-refractivity contribution is 6.30. The molecule has 0 saturated carbocycles. The molecule has 0 fully saturated rings. The molecule has 3 nitrogen and oxygen atoms in total. The first-order valence-electron chi connectivity index (χ1n) is 8.52. The molecule has 0 saturated heterocycles. The number of rotatable bonds is 2. The lowest BCUT2D eigenvalue weighted by atomic mass is 10.0. The molecule has 25 heavy (non-hydrogen) atoms. The van der Waals surface area contributed by atoms with E-state index >= 15 is 0 Å². The zero-order chi connectivity index (χ0) is 17.4. The molecule has 0 aliphatic carbocycles. The molecule has 1 aromatic heterocycles. The molecule has 0 radical (unpaired) electrons. The van der Waals surface area contributed by atoms with Gasteiger partial charge in [-0.15, -0.1) is 0 Å². The molecule has 0 unspecified atom stereocenters. The Labute approximate surface area is 151 Å². The van der Waals surface area contributed by atoms with Gasteiger partial charge in [0.15, 0.2) is 0 Å². The number of nitrogens with zero attached hydrogens (tertiary/aromatic N) is 2. The summed E-state index contributed by atoms with van der Waals surface area (Å²) in [6.07, 6.45) is 3.04.